The second kappa shape index (κ2) is 4.06. The maximum Gasteiger partial charge on any atom is 0.0902 e. The number of aromatic nitrogens is 1. The van der Waals surface area contributed by atoms with Gasteiger partial charge in [0, 0.05) is 11.6 Å². The molecule has 18 heavy (non-hydrogen) atoms. The zero-order chi connectivity index (χ0) is 12.8. The topological polar surface area (TPSA) is 33.1 Å². The van der Waals surface area contributed by atoms with Crippen LogP contribution in [0.5, 0.6) is 0 Å². The first-order chi connectivity index (χ1) is 8.58. The van der Waals surface area contributed by atoms with Crippen molar-refractivity contribution in [2.75, 3.05) is 0 Å². The van der Waals surface area contributed by atoms with Crippen molar-refractivity contribution in [3.8, 4) is 0 Å². The lowest BCUT2D eigenvalue weighted by Crippen LogP contribution is -2.43. The molecule has 1 aliphatic rings. The Morgan fingerprint density at radius 1 is 1.28 bits per heavy atom. The van der Waals surface area contributed by atoms with E-state index in [1.54, 1.807) is 6.20 Å². The molecule has 3 rings (SSSR count). The Hall–Kier alpha value is -1.41. The van der Waals surface area contributed by atoms with Crippen molar-refractivity contribution in [1.29, 1.82) is 0 Å². The zero-order valence-electron chi connectivity index (χ0n) is 10.9. The van der Waals surface area contributed by atoms with E-state index in [9.17, 15) is 5.11 Å². The van der Waals surface area contributed by atoms with Crippen LogP contribution in [0.15, 0.2) is 36.5 Å². The van der Waals surface area contributed by atoms with Gasteiger partial charge in [0.15, 0.2) is 0 Å². The van der Waals surface area contributed by atoms with Crippen LogP contribution >= 0.6 is 0 Å². The van der Waals surface area contributed by atoms with E-state index >= 15 is 0 Å². The van der Waals surface area contributed by atoms with Crippen molar-refractivity contribution < 1.29 is 5.11 Å². The van der Waals surface area contributed by atoms with Gasteiger partial charge in [-0.05, 0) is 48.4 Å². The normalized spacial score (nSPS) is 27.4. The van der Waals surface area contributed by atoms with E-state index in [2.05, 4.69) is 24.9 Å². The van der Waals surface area contributed by atoms with E-state index in [0.717, 1.165) is 29.3 Å². The molecule has 2 heteroatoms. The molecule has 2 aromatic rings. The van der Waals surface area contributed by atoms with E-state index in [1.807, 2.05) is 24.3 Å². The average molecular weight is 241 g/mol. The van der Waals surface area contributed by atoms with Gasteiger partial charge >= 0.3 is 0 Å². The first-order valence-corrected chi connectivity index (χ1v) is 6.66. The van der Waals surface area contributed by atoms with Gasteiger partial charge in [-0.25, -0.2) is 0 Å². The van der Waals surface area contributed by atoms with Gasteiger partial charge in [0.05, 0.1) is 11.1 Å². The Morgan fingerprint density at radius 2 is 2.06 bits per heavy atom. The molecular formula is C16H19NO. The molecule has 1 aromatic carbocycles. The second-order valence-electron chi connectivity index (χ2n) is 5.85. The van der Waals surface area contributed by atoms with Gasteiger partial charge in [0.2, 0.25) is 0 Å². The quantitative estimate of drug-likeness (QED) is 0.873. The van der Waals surface area contributed by atoms with Gasteiger partial charge in [-0.1, -0.05) is 26.0 Å². The molecule has 1 aromatic heterocycles. The number of aliphatic hydroxyl groups is 1. The summed E-state index contributed by atoms with van der Waals surface area (Å²) in [6.07, 6.45) is 3.57. The number of benzene rings is 1. The second-order valence-corrected chi connectivity index (χ2v) is 5.85. The van der Waals surface area contributed by atoms with E-state index in [-0.39, 0.29) is 0 Å². The molecular weight excluding hydrogens is 222 g/mol. The Balaban J connectivity index is 1.91. The molecule has 0 saturated heterocycles. The lowest BCUT2D eigenvalue weighted by atomic mass is 9.63. The molecule has 1 N–H and O–H groups in total. The maximum absolute atomic E-state index is 10.6. The highest BCUT2D eigenvalue weighted by Crippen LogP contribution is 2.48. The van der Waals surface area contributed by atoms with E-state index in [1.165, 1.54) is 0 Å². The first-order valence-electron chi connectivity index (χ1n) is 6.66. The van der Waals surface area contributed by atoms with Gasteiger partial charge in [-0.2, -0.15) is 0 Å². The largest absolute Gasteiger partial charge is 0.385 e. The summed E-state index contributed by atoms with van der Waals surface area (Å²) in [6.45, 7) is 4.46. The SMILES string of the molecule is CC(C)C1CC(O)(c2ccc3ncccc3c2)C1. The van der Waals surface area contributed by atoms with Crippen molar-refractivity contribution in [3.63, 3.8) is 0 Å². The van der Waals surface area contributed by atoms with E-state index < -0.39 is 5.60 Å². The predicted molar refractivity (Wildman–Crippen MR) is 73.2 cm³/mol. The fourth-order valence-corrected chi connectivity index (χ4v) is 2.88. The minimum atomic E-state index is -0.612. The maximum atomic E-state index is 10.6. The molecule has 0 bridgehead atoms. The van der Waals surface area contributed by atoms with Crippen molar-refractivity contribution in [3.05, 3.63) is 42.1 Å². The third-order valence-electron chi connectivity index (χ3n) is 4.28. The van der Waals surface area contributed by atoms with Crippen LogP contribution in [0.25, 0.3) is 10.9 Å². The van der Waals surface area contributed by atoms with E-state index in [4.69, 9.17) is 0 Å². The van der Waals surface area contributed by atoms with Gasteiger partial charge in [0.1, 0.15) is 0 Å². The van der Waals surface area contributed by atoms with Crippen molar-refractivity contribution in [2.24, 2.45) is 11.8 Å². The summed E-state index contributed by atoms with van der Waals surface area (Å²) in [5, 5.41) is 11.7. The Bertz CT molecular complexity index is 570. The molecule has 1 saturated carbocycles. The number of rotatable bonds is 2. The Kier molecular flexibility index (Phi) is 2.63. The Labute approximate surface area is 108 Å². The molecule has 0 spiro atoms. The van der Waals surface area contributed by atoms with Crippen LogP contribution < -0.4 is 0 Å². The summed E-state index contributed by atoms with van der Waals surface area (Å²) in [7, 11) is 0. The molecule has 0 unspecified atom stereocenters. The monoisotopic (exact) mass is 241 g/mol. The third kappa shape index (κ3) is 1.81. The van der Waals surface area contributed by atoms with Crippen LogP contribution in [-0.4, -0.2) is 10.1 Å². The highest BCUT2D eigenvalue weighted by atomic mass is 16.3. The summed E-state index contributed by atoms with van der Waals surface area (Å²) < 4.78 is 0. The minimum Gasteiger partial charge on any atom is -0.385 e. The zero-order valence-corrected chi connectivity index (χ0v) is 10.9. The molecule has 1 aliphatic carbocycles. The number of fused-ring (bicyclic) bond motifs is 1. The number of pyridine rings is 1. The smallest absolute Gasteiger partial charge is 0.0902 e. The van der Waals surface area contributed by atoms with Crippen LogP contribution in [0.2, 0.25) is 0 Å². The first kappa shape index (κ1) is 11.7. The van der Waals surface area contributed by atoms with Crippen molar-refractivity contribution in [2.45, 2.75) is 32.3 Å². The van der Waals surface area contributed by atoms with Crippen LogP contribution in [0.3, 0.4) is 0 Å². The fraction of sp³-hybridized carbons (Fsp3) is 0.438. The molecule has 1 fully saturated rings. The third-order valence-corrected chi connectivity index (χ3v) is 4.28. The van der Waals surface area contributed by atoms with Gasteiger partial charge < -0.3 is 5.11 Å². The predicted octanol–water partition coefficient (Wildman–Crippen LogP) is 3.49. The minimum absolute atomic E-state index is 0.612. The molecule has 94 valence electrons. The highest BCUT2D eigenvalue weighted by Gasteiger charge is 2.44. The summed E-state index contributed by atoms with van der Waals surface area (Å²) in [4.78, 5) is 4.31. The average Bonchev–Trinajstić information content (AvgIpc) is 2.34. The summed E-state index contributed by atoms with van der Waals surface area (Å²) in [6, 6.07) is 10.1. The van der Waals surface area contributed by atoms with Crippen LogP contribution in [0.4, 0.5) is 0 Å². The standard InChI is InChI=1S/C16H19NO/c1-11(2)13-9-16(18,10-13)14-5-6-15-12(8-14)4-3-7-17-15/h3-8,11,13,18H,9-10H2,1-2H3. The van der Waals surface area contributed by atoms with Crippen molar-refractivity contribution >= 4 is 10.9 Å². The molecule has 0 radical (unpaired) electrons. The molecule has 1 heterocycles. The van der Waals surface area contributed by atoms with Crippen LogP contribution in [0, 0.1) is 11.8 Å². The molecule has 0 amide bonds. The van der Waals surface area contributed by atoms with E-state index in [0.29, 0.717) is 11.8 Å². The molecule has 2 nitrogen and oxygen atoms in total. The van der Waals surface area contributed by atoms with Gasteiger partial charge in [-0.15, -0.1) is 0 Å². The number of hydrogen-bond donors (Lipinski definition) is 1. The summed E-state index contributed by atoms with van der Waals surface area (Å²) in [5.74, 6) is 1.31. The van der Waals surface area contributed by atoms with Crippen molar-refractivity contribution in [1.82, 2.24) is 4.98 Å². The lowest BCUT2D eigenvalue weighted by Gasteiger charge is -2.46. The summed E-state index contributed by atoms with van der Waals surface area (Å²) in [5.41, 5.74) is 1.42. The number of hydrogen-bond acceptors (Lipinski definition) is 2. The van der Waals surface area contributed by atoms with Crippen LogP contribution in [0.1, 0.15) is 32.3 Å². The summed E-state index contributed by atoms with van der Waals surface area (Å²) >= 11 is 0. The van der Waals surface area contributed by atoms with Crippen LogP contribution in [-0.2, 0) is 5.60 Å². The van der Waals surface area contributed by atoms with Gasteiger partial charge in [-0.3, -0.25) is 4.98 Å². The number of nitrogens with zero attached hydrogens (tertiary/aromatic N) is 1. The molecule has 0 atom stereocenters. The molecule has 0 aliphatic heterocycles. The highest BCUT2D eigenvalue weighted by molar-refractivity contribution is 5.79. The fourth-order valence-electron chi connectivity index (χ4n) is 2.88. The lowest BCUT2D eigenvalue weighted by molar-refractivity contribution is -0.0932. The van der Waals surface area contributed by atoms with Gasteiger partial charge in [0.25, 0.3) is 0 Å². The Morgan fingerprint density at radius 3 is 2.78 bits per heavy atom.